The first-order valence-corrected chi connectivity index (χ1v) is 10.0. The smallest absolute Gasteiger partial charge is 0.368 e. The number of rotatable bonds is 6. The van der Waals surface area contributed by atoms with Crippen molar-refractivity contribution in [3.8, 4) is 0 Å². The number of ether oxygens (including phenoxy) is 1. The number of nitrogen functional groups attached to an aromatic ring is 1. The Hall–Kier alpha value is -1.29. The van der Waals surface area contributed by atoms with E-state index in [1.54, 1.807) is 31.7 Å². The summed E-state index contributed by atoms with van der Waals surface area (Å²) in [5.74, 6) is 0.132. The summed E-state index contributed by atoms with van der Waals surface area (Å²) in [5.41, 5.74) is 7.50. The minimum atomic E-state index is -4.13. The lowest BCUT2D eigenvalue weighted by atomic mass is 10.2. The van der Waals surface area contributed by atoms with E-state index in [-0.39, 0.29) is 12.6 Å². The molecular formula is C14H21ClN5O5P. The van der Waals surface area contributed by atoms with Crippen LogP contribution in [0.15, 0.2) is 6.33 Å². The first-order chi connectivity index (χ1) is 12.2. The lowest BCUT2D eigenvalue weighted by Crippen LogP contribution is -2.18. The maximum absolute atomic E-state index is 11.8. The van der Waals surface area contributed by atoms with Crippen LogP contribution in [0.5, 0.6) is 0 Å². The lowest BCUT2D eigenvalue weighted by molar-refractivity contribution is -0.0228. The van der Waals surface area contributed by atoms with E-state index >= 15 is 0 Å². The standard InChI is InChI=1S/C14H21ClN5O5P/c1-7(2)25-26(21,22)23-5-9-4-10(15)13(24-9)20-6-17-11-8(3)18-14(16)19-12(11)20/h6-7,9-10,13H,4-5H2,1-3H3,(H,21,22)(H2,16,18,19). The number of phosphoric ester groups is 1. The van der Waals surface area contributed by atoms with Crippen molar-refractivity contribution in [2.45, 2.75) is 51.0 Å². The topological polar surface area (TPSA) is 135 Å². The summed E-state index contributed by atoms with van der Waals surface area (Å²) in [5, 5.41) is -0.401. The second kappa shape index (κ2) is 7.38. The maximum Gasteiger partial charge on any atom is 0.472 e. The predicted octanol–water partition coefficient (Wildman–Crippen LogP) is 2.15. The second-order valence-electron chi connectivity index (χ2n) is 6.31. The molecule has 0 amide bonds. The Morgan fingerprint density at radius 3 is 2.96 bits per heavy atom. The van der Waals surface area contributed by atoms with Gasteiger partial charge in [0.2, 0.25) is 5.95 Å². The van der Waals surface area contributed by atoms with Crippen molar-refractivity contribution < 1.29 is 23.2 Å². The summed E-state index contributed by atoms with van der Waals surface area (Å²) >= 11 is 6.41. The zero-order valence-electron chi connectivity index (χ0n) is 14.6. The van der Waals surface area contributed by atoms with Crippen LogP contribution < -0.4 is 5.73 Å². The average Bonchev–Trinajstić information content (AvgIpc) is 3.07. The minimum absolute atomic E-state index is 0.122. The molecular weight excluding hydrogens is 385 g/mol. The molecule has 3 N–H and O–H groups in total. The van der Waals surface area contributed by atoms with E-state index in [9.17, 15) is 9.46 Å². The molecule has 2 aromatic heterocycles. The van der Waals surface area contributed by atoms with Crippen molar-refractivity contribution in [3.05, 3.63) is 12.0 Å². The monoisotopic (exact) mass is 405 g/mol. The summed E-state index contributed by atoms with van der Waals surface area (Å²) in [6.07, 6.45) is 0.514. The molecule has 0 spiro atoms. The number of hydrogen-bond acceptors (Lipinski definition) is 8. The number of aromatic nitrogens is 4. The quantitative estimate of drug-likeness (QED) is 0.547. The SMILES string of the molecule is Cc1nc(N)nc2c1ncn2C1OC(COP(=O)(O)OC(C)C)CC1Cl. The number of nitrogens with zero attached hydrogens (tertiary/aromatic N) is 4. The van der Waals surface area contributed by atoms with Gasteiger partial charge in [-0.05, 0) is 27.2 Å². The number of hydrogen-bond donors (Lipinski definition) is 2. The fourth-order valence-corrected chi connectivity index (χ4v) is 4.12. The van der Waals surface area contributed by atoms with Gasteiger partial charge in [0.05, 0.1) is 36.2 Å². The van der Waals surface area contributed by atoms with Gasteiger partial charge in [-0.3, -0.25) is 13.6 Å². The van der Waals surface area contributed by atoms with Gasteiger partial charge in [-0.2, -0.15) is 4.98 Å². The van der Waals surface area contributed by atoms with Crippen molar-refractivity contribution in [2.24, 2.45) is 0 Å². The molecule has 3 rings (SSSR count). The van der Waals surface area contributed by atoms with Gasteiger partial charge in [0, 0.05) is 0 Å². The molecule has 1 aliphatic heterocycles. The van der Waals surface area contributed by atoms with Gasteiger partial charge in [0.25, 0.3) is 0 Å². The summed E-state index contributed by atoms with van der Waals surface area (Å²) in [6.45, 7) is 4.95. The van der Waals surface area contributed by atoms with E-state index in [1.807, 2.05) is 0 Å². The second-order valence-corrected chi connectivity index (χ2v) is 8.28. The zero-order chi connectivity index (χ0) is 19.1. The molecule has 1 saturated heterocycles. The highest BCUT2D eigenvalue weighted by molar-refractivity contribution is 7.47. The Kier molecular flexibility index (Phi) is 5.53. The molecule has 0 aliphatic carbocycles. The Bertz CT molecular complexity index is 846. The van der Waals surface area contributed by atoms with E-state index in [0.717, 1.165) is 0 Å². The van der Waals surface area contributed by atoms with Crippen LogP contribution in [-0.2, 0) is 18.3 Å². The van der Waals surface area contributed by atoms with E-state index in [0.29, 0.717) is 23.3 Å². The molecule has 3 heterocycles. The third-order valence-corrected chi connectivity index (χ3v) is 5.34. The van der Waals surface area contributed by atoms with Crippen LogP contribution >= 0.6 is 19.4 Å². The molecule has 144 valence electrons. The van der Waals surface area contributed by atoms with Crippen LogP contribution in [0.3, 0.4) is 0 Å². The largest absolute Gasteiger partial charge is 0.472 e. The molecule has 0 aromatic carbocycles. The highest BCUT2D eigenvalue weighted by Crippen LogP contribution is 2.45. The molecule has 10 nitrogen and oxygen atoms in total. The van der Waals surface area contributed by atoms with Crippen LogP contribution in [0, 0.1) is 6.92 Å². The molecule has 1 fully saturated rings. The van der Waals surface area contributed by atoms with Crippen LogP contribution in [0.25, 0.3) is 11.2 Å². The molecule has 2 aromatic rings. The molecule has 4 atom stereocenters. The van der Waals surface area contributed by atoms with Crippen molar-refractivity contribution in [2.75, 3.05) is 12.3 Å². The number of nitrogens with two attached hydrogens (primary N) is 1. The number of fused-ring (bicyclic) bond motifs is 1. The summed E-state index contributed by atoms with van der Waals surface area (Å²) in [6, 6.07) is 0. The van der Waals surface area contributed by atoms with Crippen molar-refractivity contribution in [1.29, 1.82) is 0 Å². The van der Waals surface area contributed by atoms with Crippen LogP contribution in [0.2, 0.25) is 0 Å². The van der Waals surface area contributed by atoms with Crippen molar-refractivity contribution in [1.82, 2.24) is 19.5 Å². The van der Waals surface area contributed by atoms with Crippen LogP contribution in [0.4, 0.5) is 5.95 Å². The summed E-state index contributed by atoms with van der Waals surface area (Å²) in [7, 11) is -4.13. The third-order valence-electron chi connectivity index (χ3n) is 3.78. The highest BCUT2D eigenvalue weighted by Gasteiger charge is 2.38. The number of imidazole rings is 1. The van der Waals surface area contributed by atoms with Crippen LogP contribution in [0.1, 0.15) is 32.2 Å². The Morgan fingerprint density at radius 2 is 2.27 bits per heavy atom. The maximum atomic E-state index is 11.8. The number of anilines is 1. The fourth-order valence-electron chi connectivity index (χ4n) is 2.79. The summed E-state index contributed by atoms with van der Waals surface area (Å²) in [4.78, 5) is 22.2. The normalized spacial score (nSPS) is 25.8. The molecule has 26 heavy (non-hydrogen) atoms. The van der Waals surface area contributed by atoms with Gasteiger partial charge in [-0.25, -0.2) is 14.5 Å². The molecule has 1 aliphatic rings. The van der Waals surface area contributed by atoms with Gasteiger partial charge in [-0.1, -0.05) is 0 Å². The Morgan fingerprint density at radius 1 is 1.54 bits per heavy atom. The van der Waals surface area contributed by atoms with Gasteiger partial charge in [0.1, 0.15) is 5.52 Å². The molecule has 0 bridgehead atoms. The fraction of sp³-hybridized carbons (Fsp3) is 0.643. The van der Waals surface area contributed by atoms with Gasteiger partial charge in [0.15, 0.2) is 11.9 Å². The molecule has 0 saturated carbocycles. The number of alkyl halides is 1. The minimum Gasteiger partial charge on any atom is -0.368 e. The first kappa shape index (κ1) is 19.5. The number of aryl methyl sites for hydroxylation is 1. The van der Waals surface area contributed by atoms with E-state index in [2.05, 4.69) is 15.0 Å². The Balaban J connectivity index is 1.73. The lowest BCUT2D eigenvalue weighted by Gasteiger charge is -2.18. The first-order valence-electron chi connectivity index (χ1n) is 8.08. The Labute approximate surface area is 155 Å². The molecule has 0 radical (unpaired) electrons. The number of halogens is 1. The third kappa shape index (κ3) is 4.16. The van der Waals surface area contributed by atoms with Crippen molar-refractivity contribution >= 4 is 36.5 Å². The van der Waals surface area contributed by atoms with Crippen molar-refractivity contribution in [3.63, 3.8) is 0 Å². The molecule has 4 unspecified atom stereocenters. The number of phosphoric acid groups is 1. The zero-order valence-corrected chi connectivity index (χ0v) is 16.2. The van der Waals surface area contributed by atoms with Crippen LogP contribution in [-0.4, -0.2) is 48.6 Å². The van der Waals surface area contributed by atoms with Gasteiger partial charge >= 0.3 is 7.82 Å². The van der Waals surface area contributed by atoms with E-state index in [4.69, 9.17) is 31.1 Å². The predicted molar refractivity (Wildman–Crippen MR) is 94.6 cm³/mol. The van der Waals surface area contributed by atoms with E-state index < -0.39 is 31.6 Å². The van der Waals surface area contributed by atoms with E-state index in [1.165, 1.54) is 0 Å². The summed E-state index contributed by atoms with van der Waals surface area (Å²) < 4.78 is 29.2. The highest BCUT2D eigenvalue weighted by atomic mass is 35.5. The average molecular weight is 406 g/mol. The van der Waals surface area contributed by atoms with Gasteiger partial charge in [-0.15, -0.1) is 11.6 Å². The van der Waals surface area contributed by atoms with Gasteiger partial charge < -0.3 is 15.4 Å². The molecule has 12 heteroatoms.